The van der Waals surface area contributed by atoms with Crippen molar-refractivity contribution in [3.8, 4) is 0 Å². The maximum Gasteiger partial charge on any atom is 0.419 e. The molecule has 0 saturated heterocycles. The zero-order valence-corrected chi connectivity index (χ0v) is 33.6. The summed E-state index contributed by atoms with van der Waals surface area (Å²) in [5, 5.41) is 0. The van der Waals surface area contributed by atoms with E-state index < -0.39 is 6.09 Å². The molecule has 0 spiro atoms. The molecule has 0 N–H and O–H groups in total. The summed E-state index contributed by atoms with van der Waals surface area (Å²) in [6.07, 6.45) is 15.7. The van der Waals surface area contributed by atoms with Crippen molar-refractivity contribution in [3.05, 3.63) is 107 Å². The normalized spacial score (nSPS) is 11.5. The average molecular weight is 755 g/mol. The summed E-state index contributed by atoms with van der Waals surface area (Å²) in [5.74, 6) is 0.940. The minimum atomic E-state index is -0.465. The fourth-order valence-corrected chi connectivity index (χ4v) is 6.57. The van der Waals surface area contributed by atoms with Crippen LogP contribution in [0.2, 0.25) is 0 Å². The van der Waals surface area contributed by atoms with Gasteiger partial charge in [0, 0.05) is 56.5 Å². The van der Waals surface area contributed by atoms with Crippen LogP contribution >= 0.6 is 0 Å². The van der Waals surface area contributed by atoms with E-state index in [2.05, 4.69) is 71.7 Å². The molecule has 0 bridgehead atoms. The van der Waals surface area contributed by atoms with Gasteiger partial charge >= 0.3 is 6.09 Å². The van der Waals surface area contributed by atoms with Crippen LogP contribution in [0.3, 0.4) is 0 Å². The number of carbonyl (C=O) groups excluding carboxylic acids is 3. The molecule has 0 atom stereocenters. The van der Waals surface area contributed by atoms with Crippen molar-refractivity contribution in [3.63, 3.8) is 0 Å². The summed E-state index contributed by atoms with van der Waals surface area (Å²) in [7, 11) is 0. The van der Waals surface area contributed by atoms with E-state index in [1.807, 2.05) is 24.3 Å². The van der Waals surface area contributed by atoms with Crippen LogP contribution in [0.1, 0.15) is 129 Å². The Labute approximate surface area is 328 Å². The minimum Gasteiger partial charge on any atom is -0.449 e. The van der Waals surface area contributed by atoms with Crippen molar-refractivity contribution >= 4 is 17.8 Å². The summed E-state index contributed by atoms with van der Waals surface area (Å²) in [5.41, 5.74) is 3.86. The second-order valence-corrected chi connectivity index (χ2v) is 14.3. The first kappa shape index (κ1) is 43.3. The lowest BCUT2D eigenvalue weighted by Crippen LogP contribution is -2.29. The number of unbranched alkanes of at least 4 members (excludes halogenated alkanes) is 5. The minimum absolute atomic E-state index is 0.0300. The third-order valence-corrected chi connectivity index (χ3v) is 9.53. The third kappa shape index (κ3) is 14.6. The molecule has 55 heavy (non-hydrogen) atoms. The first-order valence-electron chi connectivity index (χ1n) is 20.3. The molecule has 298 valence electrons. The highest BCUT2D eigenvalue weighted by molar-refractivity contribution is 5.97. The van der Waals surface area contributed by atoms with E-state index in [1.54, 1.807) is 24.8 Å². The number of rotatable bonds is 26. The zero-order valence-electron chi connectivity index (χ0n) is 33.6. The number of ketones is 1. The molecule has 0 amide bonds. The molecule has 0 saturated carbocycles. The van der Waals surface area contributed by atoms with Crippen LogP contribution in [0, 0.1) is 0 Å². The number of hydrogen-bond acceptors (Lipinski definition) is 9. The van der Waals surface area contributed by atoms with E-state index >= 15 is 0 Å². The van der Waals surface area contributed by atoms with Crippen LogP contribution < -0.4 is 0 Å². The number of benzene rings is 2. The Morgan fingerprint density at radius 1 is 0.600 bits per heavy atom. The van der Waals surface area contributed by atoms with Crippen molar-refractivity contribution in [1.29, 1.82) is 0 Å². The van der Waals surface area contributed by atoms with Gasteiger partial charge in [0.15, 0.2) is 5.78 Å². The van der Waals surface area contributed by atoms with Gasteiger partial charge in [-0.1, -0.05) is 108 Å². The molecule has 0 aliphatic carbocycles. The first-order chi connectivity index (χ1) is 26.8. The molecule has 4 rings (SSSR count). The van der Waals surface area contributed by atoms with Crippen molar-refractivity contribution in [2.24, 2.45) is 0 Å². The van der Waals surface area contributed by atoms with Gasteiger partial charge in [0.2, 0.25) is 0 Å². The quantitative estimate of drug-likeness (QED) is 0.0459. The van der Waals surface area contributed by atoms with Crippen molar-refractivity contribution in [2.75, 3.05) is 32.9 Å². The predicted octanol–water partition coefficient (Wildman–Crippen LogP) is 8.74. The lowest BCUT2D eigenvalue weighted by Gasteiger charge is -2.22. The van der Waals surface area contributed by atoms with E-state index in [9.17, 15) is 14.4 Å². The molecule has 0 aliphatic rings. The highest BCUT2D eigenvalue weighted by atomic mass is 16.5. The Morgan fingerprint density at radius 2 is 1.15 bits per heavy atom. The van der Waals surface area contributed by atoms with Gasteiger partial charge in [-0.15, -0.1) is 0 Å². The summed E-state index contributed by atoms with van der Waals surface area (Å²) >= 11 is 0. The third-order valence-electron chi connectivity index (χ3n) is 9.53. The number of Topliss-reactive ketones (excluding diaryl/α,β-unsaturated/α-hetero) is 1. The van der Waals surface area contributed by atoms with Crippen molar-refractivity contribution in [1.82, 2.24) is 28.9 Å². The van der Waals surface area contributed by atoms with Gasteiger partial charge in [0.05, 0.1) is 19.7 Å². The van der Waals surface area contributed by atoms with Crippen molar-refractivity contribution < 1.29 is 23.9 Å². The molecule has 0 fully saturated rings. The predicted molar refractivity (Wildman–Crippen MR) is 216 cm³/mol. The average Bonchev–Trinajstić information content (AvgIpc) is 3.85. The van der Waals surface area contributed by atoms with Crippen LogP contribution in [0.25, 0.3) is 0 Å². The number of imidazole rings is 2. The van der Waals surface area contributed by atoms with Gasteiger partial charge in [-0.3, -0.25) is 24.0 Å². The Balaban J connectivity index is 1.44. The topological polar surface area (TPSA) is 112 Å². The van der Waals surface area contributed by atoms with E-state index in [0.29, 0.717) is 49.9 Å². The molecule has 0 unspecified atom stereocenters. The molecule has 2 aromatic carbocycles. The molecule has 2 aromatic heterocycles. The van der Waals surface area contributed by atoms with Gasteiger partial charge in [-0.05, 0) is 55.5 Å². The number of hydrogen-bond donors (Lipinski definition) is 0. The Bertz CT molecular complexity index is 1640. The first-order valence-corrected chi connectivity index (χ1v) is 20.3. The molecular formula is C44H62N6O5. The number of nitrogens with zero attached hydrogens (tertiary/aromatic N) is 6. The van der Waals surface area contributed by atoms with E-state index in [-0.39, 0.29) is 24.8 Å². The molecule has 2 heterocycles. The van der Waals surface area contributed by atoms with Gasteiger partial charge in [-0.2, -0.15) is 0 Å². The van der Waals surface area contributed by atoms with E-state index in [1.165, 1.54) is 14.7 Å². The Morgan fingerprint density at radius 3 is 1.78 bits per heavy atom. The number of aromatic nitrogens is 4. The SMILES string of the molecule is CCCCCCOC(=O)n1ccnc1CN(Cc1ccc(C(=O)Cc2ccc(CN(CCC)CCC)cc2)cc1)Cc1nccn1C(=O)COCCCCC. The summed E-state index contributed by atoms with van der Waals surface area (Å²) in [6, 6.07) is 16.1. The lowest BCUT2D eigenvalue weighted by atomic mass is 10.0. The fraction of sp³-hybridized carbons (Fsp3) is 0.523. The standard InChI is InChI=1S/C44H62N6O5/c1-5-9-11-13-29-55-44(53)50-27-23-46-42(50)34-48(33-41-45-22-26-49(41)43(52)35-54-28-12-10-6-2)32-38-18-20-39(21-19-38)40(51)30-36-14-16-37(17-15-36)31-47(24-7-3)25-8-4/h14-23,26-27H,5-13,24-25,28-35H2,1-4H3. The van der Waals surface area contributed by atoms with Gasteiger partial charge in [-0.25, -0.2) is 19.3 Å². The van der Waals surface area contributed by atoms with Crippen LogP contribution in [-0.4, -0.2) is 79.6 Å². The van der Waals surface area contributed by atoms with Gasteiger partial charge in [0.25, 0.3) is 5.91 Å². The Kier molecular flexibility index (Phi) is 19.0. The molecular weight excluding hydrogens is 693 g/mol. The summed E-state index contributed by atoms with van der Waals surface area (Å²) in [6.45, 7) is 13.7. The smallest absolute Gasteiger partial charge is 0.419 e. The molecule has 11 heteroatoms. The summed E-state index contributed by atoms with van der Waals surface area (Å²) < 4.78 is 14.2. The molecule has 11 nitrogen and oxygen atoms in total. The summed E-state index contributed by atoms with van der Waals surface area (Å²) in [4.78, 5) is 53.1. The van der Waals surface area contributed by atoms with Crippen LogP contribution in [0.15, 0.2) is 73.3 Å². The highest BCUT2D eigenvalue weighted by Crippen LogP contribution is 2.17. The van der Waals surface area contributed by atoms with Gasteiger partial charge < -0.3 is 9.47 Å². The highest BCUT2D eigenvalue weighted by Gasteiger charge is 2.20. The number of ether oxygens (including phenoxy) is 2. The fourth-order valence-electron chi connectivity index (χ4n) is 6.57. The zero-order chi connectivity index (χ0) is 39.3. The molecule has 0 aliphatic heterocycles. The number of carbonyl (C=O) groups is 3. The van der Waals surface area contributed by atoms with Crippen LogP contribution in [0.5, 0.6) is 0 Å². The maximum absolute atomic E-state index is 13.3. The van der Waals surface area contributed by atoms with Crippen LogP contribution in [0.4, 0.5) is 4.79 Å². The second kappa shape index (κ2) is 24.1. The van der Waals surface area contributed by atoms with Crippen molar-refractivity contribution in [2.45, 2.75) is 118 Å². The van der Waals surface area contributed by atoms with Gasteiger partial charge in [0.1, 0.15) is 18.3 Å². The molecule has 0 radical (unpaired) electrons. The largest absolute Gasteiger partial charge is 0.449 e. The lowest BCUT2D eigenvalue weighted by molar-refractivity contribution is 0.0661. The van der Waals surface area contributed by atoms with Crippen LogP contribution in [-0.2, 0) is 42.1 Å². The molecule has 4 aromatic rings. The van der Waals surface area contributed by atoms with E-state index in [0.717, 1.165) is 88.5 Å². The maximum atomic E-state index is 13.3. The van der Waals surface area contributed by atoms with E-state index in [4.69, 9.17) is 9.47 Å². The second-order valence-electron chi connectivity index (χ2n) is 14.3. The Hall–Kier alpha value is -4.45. The monoisotopic (exact) mass is 754 g/mol.